The molecule has 0 aromatic heterocycles. The Morgan fingerprint density at radius 3 is 2.44 bits per heavy atom. The maximum atomic E-state index is 11.2. The van der Waals surface area contributed by atoms with E-state index in [-0.39, 0.29) is 10.7 Å². The van der Waals surface area contributed by atoms with Gasteiger partial charge in [0.25, 0.3) is 0 Å². The Balaban J connectivity index is 2.77. The molecule has 16 heavy (non-hydrogen) atoms. The van der Waals surface area contributed by atoms with Gasteiger partial charge in [-0.25, -0.2) is 4.79 Å². The third kappa shape index (κ3) is 4.81. The minimum Gasteiger partial charge on any atom is -0.306 e. The first-order valence-electron chi connectivity index (χ1n) is 3.81. The highest BCUT2D eigenvalue weighted by molar-refractivity contribution is 8.07. The average molecular weight is 322 g/mol. The van der Waals surface area contributed by atoms with E-state index in [0.717, 1.165) is 0 Å². The van der Waals surface area contributed by atoms with Gasteiger partial charge in [0.1, 0.15) is 0 Å². The third-order valence-electron chi connectivity index (χ3n) is 1.41. The number of hydrogen-bond donors (Lipinski definition) is 2. The molecule has 9 heteroatoms. The Labute approximate surface area is 111 Å². The zero-order valence-electron chi connectivity index (χ0n) is 7.51. The normalized spacial score (nSPS) is 11.0. The number of urea groups is 1. The molecule has 0 aliphatic heterocycles. The summed E-state index contributed by atoms with van der Waals surface area (Å²) in [4.78, 5) is 11.2. The molecule has 2 amide bonds. The van der Waals surface area contributed by atoms with Gasteiger partial charge in [-0.1, -0.05) is 23.2 Å². The number of amides is 2. The first kappa shape index (κ1) is 13.9. The Morgan fingerprint density at radius 1 is 1.25 bits per heavy atom. The lowest BCUT2D eigenvalue weighted by atomic mass is 10.3. The lowest BCUT2D eigenvalue weighted by Crippen LogP contribution is -2.23. The highest BCUT2D eigenvalue weighted by Gasteiger charge is 2.17. The van der Waals surface area contributed by atoms with Crippen molar-refractivity contribution in [2.75, 3.05) is 5.32 Å². The van der Waals surface area contributed by atoms with Gasteiger partial charge in [0.2, 0.25) is 0 Å². The van der Waals surface area contributed by atoms with Gasteiger partial charge in [-0.15, -0.1) is 0 Å². The minimum atomic E-state index is -3.68. The zero-order valence-corrected chi connectivity index (χ0v) is 11.4. The van der Waals surface area contributed by atoms with Crippen molar-refractivity contribution in [3.05, 3.63) is 28.2 Å². The SMILES string of the molecule is O=C(Nc1cc(Cl)ccc1Cl)NP(=O)(Cl)Cl. The maximum absolute atomic E-state index is 11.2. The van der Waals surface area contributed by atoms with Crippen LogP contribution in [0.2, 0.25) is 10.0 Å². The predicted octanol–water partition coefficient (Wildman–Crippen LogP) is 4.70. The molecule has 0 unspecified atom stereocenters. The second-order valence-corrected chi connectivity index (χ2v) is 8.02. The van der Waals surface area contributed by atoms with Crippen LogP contribution >= 0.6 is 51.7 Å². The maximum Gasteiger partial charge on any atom is 0.346 e. The van der Waals surface area contributed by atoms with Crippen LogP contribution in [0, 0.1) is 0 Å². The van der Waals surface area contributed by atoms with E-state index in [1.807, 2.05) is 5.09 Å². The molecule has 1 rings (SSSR count). The number of rotatable bonds is 2. The topological polar surface area (TPSA) is 58.2 Å². The fourth-order valence-electron chi connectivity index (χ4n) is 0.862. The van der Waals surface area contributed by atoms with Gasteiger partial charge >= 0.3 is 12.0 Å². The Bertz CT molecular complexity index is 462. The van der Waals surface area contributed by atoms with Gasteiger partial charge in [0.05, 0.1) is 10.7 Å². The van der Waals surface area contributed by atoms with Crippen molar-refractivity contribution in [2.45, 2.75) is 0 Å². The van der Waals surface area contributed by atoms with Gasteiger partial charge < -0.3 is 5.32 Å². The van der Waals surface area contributed by atoms with Crippen molar-refractivity contribution < 1.29 is 9.36 Å². The molecule has 0 bridgehead atoms. The quantitative estimate of drug-likeness (QED) is 0.775. The summed E-state index contributed by atoms with van der Waals surface area (Å²) in [5, 5.41) is 4.81. The number of benzene rings is 1. The van der Waals surface area contributed by atoms with Crippen molar-refractivity contribution in [1.82, 2.24) is 5.09 Å². The molecule has 1 aromatic rings. The van der Waals surface area contributed by atoms with Gasteiger partial charge in [-0.3, -0.25) is 9.65 Å². The fraction of sp³-hybridized carbons (Fsp3) is 0. The van der Waals surface area contributed by atoms with E-state index in [1.165, 1.54) is 12.1 Å². The number of carbonyl (C=O) groups is 1. The predicted molar refractivity (Wildman–Crippen MR) is 67.9 cm³/mol. The molecule has 0 fully saturated rings. The summed E-state index contributed by atoms with van der Waals surface area (Å²) >= 11 is 21.8. The molecule has 0 saturated carbocycles. The summed E-state index contributed by atoms with van der Waals surface area (Å²) in [5.41, 5.74) is 0.258. The van der Waals surface area contributed by atoms with Crippen molar-refractivity contribution in [3.8, 4) is 0 Å². The molecule has 0 heterocycles. The van der Waals surface area contributed by atoms with E-state index in [4.69, 9.17) is 45.7 Å². The summed E-state index contributed by atoms with van der Waals surface area (Å²) in [5.74, 6) is -3.68. The second-order valence-electron chi connectivity index (χ2n) is 2.65. The Hall–Kier alpha value is -0.120. The number of halogens is 4. The highest BCUT2D eigenvalue weighted by Crippen LogP contribution is 2.52. The highest BCUT2D eigenvalue weighted by atomic mass is 35.9. The molecule has 2 N–H and O–H groups in total. The molecule has 0 spiro atoms. The molecule has 4 nitrogen and oxygen atoms in total. The third-order valence-corrected chi connectivity index (χ3v) is 2.94. The number of hydrogen-bond acceptors (Lipinski definition) is 2. The van der Waals surface area contributed by atoms with Crippen LogP contribution in [0.5, 0.6) is 0 Å². The fourth-order valence-corrected chi connectivity index (χ4v) is 1.95. The van der Waals surface area contributed by atoms with Crippen LogP contribution in [-0.4, -0.2) is 6.03 Å². The van der Waals surface area contributed by atoms with E-state index in [1.54, 1.807) is 6.07 Å². The standard InChI is InChI=1S/C7H5Cl4N2O2P/c8-4-1-2-5(9)6(3-4)12-7(14)13-16(10,11)15/h1-3H,(H2,12,13,14,15). The van der Waals surface area contributed by atoms with E-state index in [2.05, 4.69) is 5.32 Å². The van der Waals surface area contributed by atoms with E-state index in [0.29, 0.717) is 5.02 Å². The lowest BCUT2D eigenvalue weighted by molar-refractivity contribution is 0.256. The molecular formula is C7H5Cl4N2O2P. The van der Waals surface area contributed by atoms with Crippen LogP contribution < -0.4 is 10.4 Å². The number of anilines is 1. The van der Waals surface area contributed by atoms with Crippen LogP contribution in [0.1, 0.15) is 0 Å². The monoisotopic (exact) mass is 320 g/mol. The molecule has 0 aliphatic rings. The summed E-state index contributed by atoms with van der Waals surface area (Å²) < 4.78 is 10.9. The Kier molecular flexibility index (Phi) is 4.77. The number of carbonyl (C=O) groups excluding carboxylic acids is 1. The van der Waals surface area contributed by atoms with Gasteiger partial charge in [0, 0.05) is 5.02 Å². The summed E-state index contributed by atoms with van der Waals surface area (Å²) in [6.07, 6.45) is 0. The van der Waals surface area contributed by atoms with Crippen molar-refractivity contribution >= 4 is 63.4 Å². The van der Waals surface area contributed by atoms with Crippen LogP contribution in [0.3, 0.4) is 0 Å². The molecule has 0 aliphatic carbocycles. The summed E-state index contributed by atoms with van der Waals surface area (Å²) in [6.45, 7) is 0. The lowest BCUT2D eigenvalue weighted by Gasteiger charge is -2.09. The first-order valence-corrected chi connectivity index (χ1v) is 8.09. The summed E-state index contributed by atoms with van der Waals surface area (Å²) in [7, 11) is 0. The van der Waals surface area contributed by atoms with E-state index in [9.17, 15) is 9.36 Å². The largest absolute Gasteiger partial charge is 0.346 e. The van der Waals surface area contributed by atoms with Crippen molar-refractivity contribution in [3.63, 3.8) is 0 Å². The van der Waals surface area contributed by atoms with E-state index < -0.39 is 12.0 Å². The van der Waals surface area contributed by atoms with Crippen LogP contribution in [0.25, 0.3) is 0 Å². The summed E-state index contributed by atoms with van der Waals surface area (Å²) in [6, 6.07) is 3.65. The molecule has 0 atom stereocenters. The average Bonchev–Trinajstić information content (AvgIpc) is 2.08. The van der Waals surface area contributed by atoms with Crippen LogP contribution in [-0.2, 0) is 4.57 Å². The molecule has 0 saturated heterocycles. The minimum absolute atomic E-state index is 0.258. The molecular weight excluding hydrogens is 317 g/mol. The smallest absolute Gasteiger partial charge is 0.306 e. The van der Waals surface area contributed by atoms with Gasteiger partial charge in [-0.2, -0.15) is 0 Å². The Morgan fingerprint density at radius 2 is 1.88 bits per heavy atom. The van der Waals surface area contributed by atoms with E-state index >= 15 is 0 Å². The zero-order chi connectivity index (χ0) is 12.3. The van der Waals surface area contributed by atoms with Gasteiger partial charge in [-0.05, 0) is 40.7 Å². The van der Waals surface area contributed by atoms with Gasteiger partial charge in [0.15, 0.2) is 0 Å². The van der Waals surface area contributed by atoms with Crippen LogP contribution in [0.15, 0.2) is 18.2 Å². The second kappa shape index (κ2) is 5.48. The van der Waals surface area contributed by atoms with Crippen LogP contribution in [0.4, 0.5) is 10.5 Å². The molecule has 1 aromatic carbocycles. The van der Waals surface area contributed by atoms with Crippen molar-refractivity contribution in [1.29, 1.82) is 0 Å². The van der Waals surface area contributed by atoms with Crippen molar-refractivity contribution in [2.24, 2.45) is 0 Å². The molecule has 88 valence electrons. The molecule has 0 radical (unpaired) electrons. The first-order chi connectivity index (χ1) is 7.28. The number of nitrogens with one attached hydrogen (secondary N) is 2.